The standard InChI is InChI=1S/C11H14N4/c1-6-4-5-9(7(2)13-6)10-8(3)14-15-11(10)12/h4-5H,1-3H3,(H3,12,14,15). The topological polar surface area (TPSA) is 67.6 Å². The Hall–Kier alpha value is -1.84. The molecule has 2 aromatic rings. The molecule has 0 radical (unpaired) electrons. The fraction of sp³-hybridized carbons (Fsp3) is 0.273. The number of hydrogen-bond acceptors (Lipinski definition) is 3. The zero-order chi connectivity index (χ0) is 11.0. The summed E-state index contributed by atoms with van der Waals surface area (Å²) in [5.41, 5.74) is 10.8. The number of rotatable bonds is 1. The molecule has 0 atom stereocenters. The van der Waals surface area contributed by atoms with E-state index in [-0.39, 0.29) is 0 Å². The first-order chi connectivity index (χ1) is 7.09. The molecule has 0 spiro atoms. The van der Waals surface area contributed by atoms with Gasteiger partial charge in [0.2, 0.25) is 0 Å². The van der Waals surface area contributed by atoms with Gasteiger partial charge in [-0.1, -0.05) is 6.07 Å². The highest BCUT2D eigenvalue weighted by atomic mass is 15.2. The summed E-state index contributed by atoms with van der Waals surface area (Å²) in [6, 6.07) is 4.01. The van der Waals surface area contributed by atoms with Gasteiger partial charge in [-0.2, -0.15) is 5.10 Å². The van der Waals surface area contributed by atoms with Gasteiger partial charge in [0.25, 0.3) is 0 Å². The molecule has 3 N–H and O–H groups in total. The summed E-state index contributed by atoms with van der Waals surface area (Å²) in [5, 5.41) is 6.86. The van der Waals surface area contributed by atoms with Crippen LogP contribution in [0.5, 0.6) is 0 Å². The van der Waals surface area contributed by atoms with Crippen LogP contribution in [0, 0.1) is 20.8 Å². The minimum Gasteiger partial charge on any atom is -0.382 e. The third-order valence-corrected chi connectivity index (χ3v) is 2.47. The first-order valence-electron chi connectivity index (χ1n) is 4.84. The molecule has 0 amide bonds. The molecule has 0 unspecified atom stereocenters. The Morgan fingerprint density at radius 1 is 1.20 bits per heavy atom. The average Bonchev–Trinajstić information content (AvgIpc) is 2.48. The molecule has 0 fully saturated rings. The molecule has 0 saturated carbocycles. The van der Waals surface area contributed by atoms with Crippen molar-refractivity contribution in [1.29, 1.82) is 0 Å². The molecule has 4 nitrogen and oxygen atoms in total. The number of nitrogens with two attached hydrogens (primary N) is 1. The molecule has 0 saturated heterocycles. The van der Waals surface area contributed by atoms with E-state index in [2.05, 4.69) is 15.2 Å². The maximum atomic E-state index is 5.81. The first-order valence-corrected chi connectivity index (χ1v) is 4.84. The summed E-state index contributed by atoms with van der Waals surface area (Å²) in [6.07, 6.45) is 0. The smallest absolute Gasteiger partial charge is 0.153 e. The van der Waals surface area contributed by atoms with Crippen molar-refractivity contribution in [3.8, 4) is 11.1 Å². The molecular formula is C11H14N4. The Bertz CT molecular complexity index is 480. The van der Waals surface area contributed by atoms with Crippen LogP contribution in [0.25, 0.3) is 11.1 Å². The van der Waals surface area contributed by atoms with Gasteiger partial charge >= 0.3 is 0 Å². The van der Waals surface area contributed by atoms with Crippen molar-refractivity contribution >= 4 is 5.82 Å². The highest BCUT2D eigenvalue weighted by Crippen LogP contribution is 2.29. The van der Waals surface area contributed by atoms with Crippen LogP contribution in [-0.4, -0.2) is 15.2 Å². The fourth-order valence-electron chi connectivity index (χ4n) is 1.74. The second-order valence-corrected chi connectivity index (χ2v) is 3.69. The van der Waals surface area contributed by atoms with E-state index in [4.69, 9.17) is 5.73 Å². The minimum absolute atomic E-state index is 0.529. The molecule has 78 valence electrons. The van der Waals surface area contributed by atoms with Crippen LogP contribution in [0.2, 0.25) is 0 Å². The molecule has 2 aromatic heterocycles. The molecule has 0 bridgehead atoms. The normalized spacial score (nSPS) is 10.6. The van der Waals surface area contributed by atoms with Crippen molar-refractivity contribution in [2.24, 2.45) is 0 Å². The quantitative estimate of drug-likeness (QED) is 0.743. The van der Waals surface area contributed by atoms with Crippen molar-refractivity contribution in [3.63, 3.8) is 0 Å². The fourth-order valence-corrected chi connectivity index (χ4v) is 1.74. The van der Waals surface area contributed by atoms with E-state index in [0.29, 0.717) is 5.82 Å². The van der Waals surface area contributed by atoms with Crippen molar-refractivity contribution in [2.45, 2.75) is 20.8 Å². The molecule has 0 aliphatic heterocycles. The van der Waals surface area contributed by atoms with Crippen LogP contribution in [0.1, 0.15) is 17.1 Å². The first kappa shape index (κ1) is 9.71. The molecule has 2 heterocycles. The van der Waals surface area contributed by atoms with Gasteiger partial charge in [-0.05, 0) is 26.8 Å². The number of aromatic nitrogens is 3. The lowest BCUT2D eigenvalue weighted by Crippen LogP contribution is -1.94. The number of aryl methyl sites for hydroxylation is 3. The van der Waals surface area contributed by atoms with E-state index < -0.39 is 0 Å². The number of H-pyrrole nitrogens is 1. The largest absolute Gasteiger partial charge is 0.382 e. The van der Waals surface area contributed by atoms with E-state index in [0.717, 1.165) is 28.2 Å². The Morgan fingerprint density at radius 2 is 1.93 bits per heavy atom. The van der Waals surface area contributed by atoms with E-state index in [9.17, 15) is 0 Å². The molecule has 4 heteroatoms. The predicted molar refractivity (Wildman–Crippen MR) is 60.4 cm³/mol. The van der Waals surface area contributed by atoms with Gasteiger partial charge in [0.1, 0.15) is 0 Å². The second-order valence-electron chi connectivity index (χ2n) is 3.69. The summed E-state index contributed by atoms with van der Waals surface area (Å²) in [4.78, 5) is 4.41. The highest BCUT2D eigenvalue weighted by Gasteiger charge is 2.12. The summed E-state index contributed by atoms with van der Waals surface area (Å²) >= 11 is 0. The molecule has 0 aliphatic carbocycles. The number of hydrogen-bond donors (Lipinski definition) is 2. The average molecular weight is 202 g/mol. The van der Waals surface area contributed by atoms with Gasteiger partial charge < -0.3 is 5.73 Å². The molecule has 0 aromatic carbocycles. The Morgan fingerprint density at radius 3 is 2.47 bits per heavy atom. The van der Waals surface area contributed by atoms with E-state index in [1.165, 1.54) is 0 Å². The number of anilines is 1. The Kier molecular flexibility index (Phi) is 2.19. The van der Waals surface area contributed by atoms with Gasteiger partial charge in [-0.15, -0.1) is 0 Å². The van der Waals surface area contributed by atoms with Gasteiger partial charge in [-0.25, -0.2) is 0 Å². The lowest BCUT2D eigenvalue weighted by molar-refractivity contribution is 1.05. The number of nitrogens with one attached hydrogen (secondary N) is 1. The maximum Gasteiger partial charge on any atom is 0.153 e. The maximum absolute atomic E-state index is 5.81. The SMILES string of the molecule is Cc1ccc(-c2c(N)n[nH]c2C)c(C)n1. The van der Waals surface area contributed by atoms with Crippen molar-refractivity contribution < 1.29 is 0 Å². The molecular weight excluding hydrogens is 188 g/mol. The molecule has 2 rings (SSSR count). The van der Waals surface area contributed by atoms with Crippen LogP contribution in [0.15, 0.2) is 12.1 Å². The Balaban J connectivity index is 2.64. The summed E-state index contributed by atoms with van der Waals surface area (Å²) in [7, 11) is 0. The van der Waals surface area contributed by atoms with Crippen LogP contribution in [-0.2, 0) is 0 Å². The van der Waals surface area contributed by atoms with Crippen molar-refractivity contribution in [1.82, 2.24) is 15.2 Å². The number of aromatic amines is 1. The van der Waals surface area contributed by atoms with Crippen LogP contribution in [0.4, 0.5) is 5.82 Å². The summed E-state index contributed by atoms with van der Waals surface area (Å²) < 4.78 is 0. The summed E-state index contributed by atoms with van der Waals surface area (Å²) in [5.74, 6) is 0.529. The molecule has 15 heavy (non-hydrogen) atoms. The summed E-state index contributed by atoms with van der Waals surface area (Å²) in [6.45, 7) is 5.91. The lowest BCUT2D eigenvalue weighted by Gasteiger charge is -2.05. The minimum atomic E-state index is 0.529. The zero-order valence-corrected chi connectivity index (χ0v) is 9.13. The van der Waals surface area contributed by atoms with Gasteiger partial charge in [0.15, 0.2) is 5.82 Å². The second kappa shape index (κ2) is 3.38. The van der Waals surface area contributed by atoms with Crippen molar-refractivity contribution in [2.75, 3.05) is 5.73 Å². The molecule has 0 aliphatic rings. The number of pyridine rings is 1. The third-order valence-electron chi connectivity index (χ3n) is 2.47. The number of nitrogen functional groups attached to an aromatic ring is 1. The van der Waals surface area contributed by atoms with Crippen LogP contribution in [0.3, 0.4) is 0 Å². The van der Waals surface area contributed by atoms with Crippen LogP contribution >= 0.6 is 0 Å². The van der Waals surface area contributed by atoms with Gasteiger partial charge in [-0.3, -0.25) is 10.1 Å². The highest BCUT2D eigenvalue weighted by molar-refractivity contribution is 5.77. The van der Waals surface area contributed by atoms with Gasteiger partial charge in [0.05, 0.1) is 0 Å². The zero-order valence-electron chi connectivity index (χ0n) is 9.13. The van der Waals surface area contributed by atoms with Gasteiger partial charge in [0, 0.05) is 28.2 Å². The lowest BCUT2D eigenvalue weighted by atomic mass is 10.0. The van der Waals surface area contributed by atoms with E-state index >= 15 is 0 Å². The third kappa shape index (κ3) is 1.58. The van der Waals surface area contributed by atoms with E-state index in [1.54, 1.807) is 0 Å². The van der Waals surface area contributed by atoms with Crippen LogP contribution < -0.4 is 5.73 Å². The predicted octanol–water partition coefficient (Wildman–Crippen LogP) is 1.98. The van der Waals surface area contributed by atoms with E-state index in [1.807, 2.05) is 32.9 Å². The van der Waals surface area contributed by atoms with Crippen molar-refractivity contribution in [3.05, 3.63) is 29.2 Å². The monoisotopic (exact) mass is 202 g/mol. The Labute approximate surface area is 88.5 Å². The number of nitrogens with zero attached hydrogens (tertiary/aromatic N) is 2.